The standard InChI is InChI=1S/C13H18N2OS/c1-3-6-14-8-11-9-16-13(15-11)12-10(4-2)5-7-17-12/h5,7,9,14H,3-4,6,8H2,1-2H3. The molecule has 0 aromatic carbocycles. The number of hydrogen-bond acceptors (Lipinski definition) is 4. The Morgan fingerprint density at radius 3 is 3.06 bits per heavy atom. The first-order chi connectivity index (χ1) is 8.35. The molecule has 0 saturated heterocycles. The van der Waals surface area contributed by atoms with Gasteiger partial charge in [-0.1, -0.05) is 13.8 Å². The average molecular weight is 250 g/mol. The fraction of sp³-hybridized carbons (Fsp3) is 0.462. The van der Waals surface area contributed by atoms with Gasteiger partial charge in [-0.25, -0.2) is 4.98 Å². The molecule has 0 fully saturated rings. The Kier molecular flexibility index (Phi) is 4.34. The molecule has 0 amide bonds. The molecule has 0 saturated carbocycles. The van der Waals surface area contributed by atoms with Crippen molar-refractivity contribution in [1.82, 2.24) is 10.3 Å². The average Bonchev–Trinajstić information content (AvgIpc) is 2.96. The molecule has 1 N–H and O–H groups in total. The van der Waals surface area contributed by atoms with Crippen LogP contribution in [-0.4, -0.2) is 11.5 Å². The van der Waals surface area contributed by atoms with Crippen LogP contribution in [0.15, 0.2) is 22.1 Å². The number of rotatable bonds is 6. The molecule has 0 aliphatic heterocycles. The first kappa shape index (κ1) is 12.3. The molecule has 2 rings (SSSR count). The molecule has 17 heavy (non-hydrogen) atoms. The van der Waals surface area contributed by atoms with Crippen LogP contribution < -0.4 is 5.32 Å². The van der Waals surface area contributed by atoms with Crippen molar-refractivity contribution in [3.8, 4) is 10.8 Å². The van der Waals surface area contributed by atoms with Gasteiger partial charge in [-0.3, -0.25) is 0 Å². The van der Waals surface area contributed by atoms with Crippen LogP contribution in [0.25, 0.3) is 10.8 Å². The van der Waals surface area contributed by atoms with Gasteiger partial charge in [-0.2, -0.15) is 0 Å². The third-order valence-electron chi connectivity index (χ3n) is 2.61. The molecule has 92 valence electrons. The maximum Gasteiger partial charge on any atom is 0.236 e. The van der Waals surface area contributed by atoms with Gasteiger partial charge >= 0.3 is 0 Å². The minimum Gasteiger partial charge on any atom is -0.444 e. The van der Waals surface area contributed by atoms with Gasteiger partial charge in [0.1, 0.15) is 6.26 Å². The van der Waals surface area contributed by atoms with E-state index in [2.05, 4.69) is 35.6 Å². The highest BCUT2D eigenvalue weighted by atomic mass is 32.1. The maximum atomic E-state index is 5.54. The first-order valence-electron chi connectivity index (χ1n) is 6.07. The molecule has 0 unspecified atom stereocenters. The summed E-state index contributed by atoms with van der Waals surface area (Å²) in [6.07, 6.45) is 3.90. The van der Waals surface area contributed by atoms with E-state index in [0.29, 0.717) is 0 Å². The second kappa shape index (κ2) is 5.98. The third kappa shape index (κ3) is 2.96. The van der Waals surface area contributed by atoms with E-state index < -0.39 is 0 Å². The maximum absolute atomic E-state index is 5.54. The minimum atomic E-state index is 0.755. The number of oxazole rings is 1. The molecule has 3 nitrogen and oxygen atoms in total. The number of nitrogens with zero attached hydrogens (tertiary/aromatic N) is 1. The van der Waals surface area contributed by atoms with Gasteiger partial charge in [0.2, 0.25) is 5.89 Å². The molecule has 0 spiro atoms. The van der Waals surface area contributed by atoms with Gasteiger partial charge in [0.15, 0.2) is 0 Å². The van der Waals surface area contributed by atoms with E-state index in [9.17, 15) is 0 Å². The van der Waals surface area contributed by atoms with Crippen LogP contribution in [0, 0.1) is 0 Å². The Hall–Kier alpha value is -1.13. The zero-order valence-electron chi connectivity index (χ0n) is 10.3. The Bertz CT molecular complexity index is 461. The van der Waals surface area contributed by atoms with E-state index in [0.717, 1.165) is 42.4 Å². The van der Waals surface area contributed by atoms with Crippen molar-refractivity contribution in [3.63, 3.8) is 0 Å². The quantitative estimate of drug-likeness (QED) is 0.798. The van der Waals surface area contributed by atoms with E-state index in [-0.39, 0.29) is 0 Å². The summed E-state index contributed by atoms with van der Waals surface area (Å²) in [5.74, 6) is 0.755. The Balaban J connectivity index is 2.07. The van der Waals surface area contributed by atoms with Crippen molar-refractivity contribution in [2.45, 2.75) is 33.2 Å². The van der Waals surface area contributed by atoms with Crippen molar-refractivity contribution >= 4 is 11.3 Å². The predicted octanol–water partition coefficient (Wildman–Crippen LogP) is 3.47. The van der Waals surface area contributed by atoms with Gasteiger partial charge in [0, 0.05) is 6.54 Å². The zero-order chi connectivity index (χ0) is 12.1. The highest BCUT2D eigenvalue weighted by molar-refractivity contribution is 7.13. The lowest BCUT2D eigenvalue weighted by Crippen LogP contribution is -2.13. The molecular formula is C13H18N2OS. The van der Waals surface area contributed by atoms with Crippen molar-refractivity contribution in [2.75, 3.05) is 6.54 Å². The number of nitrogens with one attached hydrogen (secondary N) is 1. The van der Waals surface area contributed by atoms with E-state index >= 15 is 0 Å². The van der Waals surface area contributed by atoms with Gasteiger partial charge < -0.3 is 9.73 Å². The molecule has 2 aromatic heterocycles. The molecule has 2 aromatic rings. The fourth-order valence-corrected chi connectivity index (χ4v) is 2.61. The SMILES string of the molecule is CCCNCc1coc(-c2sccc2CC)n1. The van der Waals surface area contributed by atoms with Gasteiger partial charge in [0.05, 0.1) is 10.6 Å². The Morgan fingerprint density at radius 2 is 2.29 bits per heavy atom. The lowest BCUT2D eigenvalue weighted by atomic mass is 10.2. The molecule has 0 aliphatic rings. The van der Waals surface area contributed by atoms with Crippen LogP contribution in [0.5, 0.6) is 0 Å². The largest absolute Gasteiger partial charge is 0.444 e. The van der Waals surface area contributed by atoms with Gasteiger partial charge in [-0.05, 0) is 36.4 Å². The van der Waals surface area contributed by atoms with Crippen LogP contribution in [0.2, 0.25) is 0 Å². The highest BCUT2D eigenvalue weighted by Gasteiger charge is 2.11. The summed E-state index contributed by atoms with van der Waals surface area (Å²) in [4.78, 5) is 5.68. The molecule has 0 aliphatic carbocycles. The third-order valence-corrected chi connectivity index (χ3v) is 3.55. The number of thiophene rings is 1. The first-order valence-corrected chi connectivity index (χ1v) is 6.95. The zero-order valence-corrected chi connectivity index (χ0v) is 11.1. The molecule has 0 radical (unpaired) electrons. The second-order valence-electron chi connectivity index (χ2n) is 3.95. The summed E-state index contributed by atoms with van der Waals surface area (Å²) in [6, 6.07) is 2.14. The molecule has 0 atom stereocenters. The number of aryl methyl sites for hydroxylation is 1. The van der Waals surface area contributed by atoms with Crippen molar-refractivity contribution in [3.05, 3.63) is 29.0 Å². The normalized spacial score (nSPS) is 10.9. The summed E-state index contributed by atoms with van der Waals surface area (Å²) in [7, 11) is 0. The minimum absolute atomic E-state index is 0.755. The summed E-state index contributed by atoms with van der Waals surface area (Å²) in [6.45, 7) is 6.10. The number of hydrogen-bond donors (Lipinski definition) is 1. The van der Waals surface area contributed by atoms with Gasteiger partial charge in [0.25, 0.3) is 0 Å². The van der Waals surface area contributed by atoms with Crippen molar-refractivity contribution in [2.24, 2.45) is 0 Å². The summed E-state index contributed by atoms with van der Waals surface area (Å²) < 4.78 is 5.54. The molecular weight excluding hydrogens is 232 g/mol. The highest BCUT2D eigenvalue weighted by Crippen LogP contribution is 2.29. The van der Waals surface area contributed by atoms with Crippen LogP contribution in [-0.2, 0) is 13.0 Å². The van der Waals surface area contributed by atoms with E-state index in [1.807, 2.05) is 0 Å². The van der Waals surface area contributed by atoms with Crippen LogP contribution in [0.1, 0.15) is 31.5 Å². The lowest BCUT2D eigenvalue weighted by molar-refractivity contribution is 0.570. The molecule has 4 heteroatoms. The second-order valence-corrected chi connectivity index (χ2v) is 4.87. The topological polar surface area (TPSA) is 38.1 Å². The summed E-state index contributed by atoms with van der Waals surface area (Å²) >= 11 is 1.69. The number of aromatic nitrogens is 1. The van der Waals surface area contributed by atoms with E-state index in [1.54, 1.807) is 17.6 Å². The fourth-order valence-electron chi connectivity index (χ4n) is 1.69. The van der Waals surface area contributed by atoms with Crippen molar-refractivity contribution in [1.29, 1.82) is 0 Å². The van der Waals surface area contributed by atoms with Crippen molar-refractivity contribution < 1.29 is 4.42 Å². The van der Waals surface area contributed by atoms with E-state index in [1.165, 1.54) is 5.56 Å². The van der Waals surface area contributed by atoms with Crippen LogP contribution in [0.3, 0.4) is 0 Å². The molecule has 0 bridgehead atoms. The lowest BCUT2D eigenvalue weighted by Gasteiger charge is -1.97. The predicted molar refractivity (Wildman–Crippen MR) is 71.2 cm³/mol. The monoisotopic (exact) mass is 250 g/mol. The van der Waals surface area contributed by atoms with Gasteiger partial charge in [-0.15, -0.1) is 11.3 Å². The van der Waals surface area contributed by atoms with E-state index in [4.69, 9.17) is 4.42 Å². The van der Waals surface area contributed by atoms with Crippen LogP contribution >= 0.6 is 11.3 Å². The smallest absolute Gasteiger partial charge is 0.236 e. The Morgan fingerprint density at radius 1 is 1.41 bits per heavy atom. The van der Waals surface area contributed by atoms with Crippen LogP contribution in [0.4, 0.5) is 0 Å². The summed E-state index contributed by atoms with van der Waals surface area (Å²) in [5.41, 5.74) is 2.29. The molecule has 2 heterocycles. The summed E-state index contributed by atoms with van der Waals surface area (Å²) in [5, 5.41) is 5.41. The Labute approximate surface area is 106 Å².